The van der Waals surface area contributed by atoms with Crippen LogP contribution in [0.25, 0.3) is 6.08 Å². The fraction of sp³-hybridized carbons (Fsp3) is 0.190. The fourth-order valence-electron chi connectivity index (χ4n) is 2.29. The molecule has 2 aromatic rings. The number of nitrogens with one attached hydrogen (secondary N) is 3. The Morgan fingerprint density at radius 2 is 1.61 bits per heavy atom. The maximum absolute atomic E-state index is 12.0. The number of benzene rings is 2. The van der Waals surface area contributed by atoms with Crippen LogP contribution in [-0.4, -0.2) is 24.0 Å². The van der Waals surface area contributed by atoms with Gasteiger partial charge in [0, 0.05) is 23.9 Å². The third-order valence-electron chi connectivity index (χ3n) is 3.68. The maximum atomic E-state index is 12.0. The molecule has 0 aliphatic rings. The number of thiocarbonyl (C=S) groups is 1. The van der Waals surface area contributed by atoms with E-state index < -0.39 is 0 Å². The number of rotatable bonds is 7. The topological polar surface area (TPSA) is 79.5 Å². The van der Waals surface area contributed by atoms with E-state index in [1.807, 2.05) is 31.2 Å². The second-order valence-corrected chi connectivity index (χ2v) is 6.33. The molecule has 0 bridgehead atoms. The van der Waals surface area contributed by atoms with Gasteiger partial charge in [0.25, 0.3) is 0 Å². The molecule has 28 heavy (non-hydrogen) atoms. The molecule has 0 heterocycles. The molecule has 0 radical (unpaired) electrons. The van der Waals surface area contributed by atoms with Crippen LogP contribution < -0.4 is 20.7 Å². The van der Waals surface area contributed by atoms with Gasteiger partial charge in [-0.2, -0.15) is 0 Å². The van der Waals surface area contributed by atoms with Gasteiger partial charge in [-0.25, -0.2) is 0 Å². The van der Waals surface area contributed by atoms with Crippen LogP contribution in [0, 0.1) is 0 Å². The van der Waals surface area contributed by atoms with Gasteiger partial charge in [0.2, 0.25) is 11.8 Å². The van der Waals surface area contributed by atoms with E-state index in [1.54, 1.807) is 37.5 Å². The summed E-state index contributed by atoms with van der Waals surface area (Å²) >= 11 is 5.15. The number of methoxy groups -OCH3 is 1. The standard InChI is InChI=1S/C21H23N3O3S/c1-3-4-19(25)22-16-8-10-17(11-9-16)23-21(28)24-20(26)14-7-15-5-12-18(27-2)13-6-15/h5-14H,3-4H2,1-2H3,(H,22,25)(H2,23,24,26,28)/b14-7+. The third kappa shape index (κ3) is 7.20. The van der Waals surface area contributed by atoms with Crippen molar-refractivity contribution in [1.82, 2.24) is 5.32 Å². The number of carbonyl (C=O) groups is 2. The Morgan fingerprint density at radius 1 is 1.00 bits per heavy atom. The molecule has 7 heteroatoms. The number of hydrogen-bond acceptors (Lipinski definition) is 4. The molecule has 2 amide bonds. The first kappa shape index (κ1) is 21.1. The molecular formula is C21H23N3O3S. The molecule has 0 atom stereocenters. The van der Waals surface area contributed by atoms with Gasteiger partial charge in [-0.15, -0.1) is 0 Å². The maximum Gasteiger partial charge on any atom is 0.250 e. The van der Waals surface area contributed by atoms with Crippen LogP contribution in [0.2, 0.25) is 0 Å². The van der Waals surface area contributed by atoms with Crippen LogP contribution in [0.1, 0.15) is 25.3 Å². The Bertz CT molecular complexity index is 846. The third-order valence-corrected chi connectivity index (χ3v) is 3.89. The Labute approximate surface area is 170 Å². The van der Waals surface area contributed by atoms with Crippen molar-refractivity contribution >= 4 is 46.6 Å². The highest BCUT2D eigenvalue weighted by Gasteiger charge is 2.04. The van der Waals surface area contributed by atoms with Crippen molar-refractivity contribution in [1.29, 1.82) is 0 Å². The molecule has 0 fully saturated rings. The van der Waals surface area contributed by atoms with Crippen LogP contribution in [0.5, 0.6) is 5.75 Å². The lowest BCUT2D eigenvalue weighted by Gasteiger charge is -2.09. The molecule has 6 nitrogen and oxygen atoms in total. The lowest BCUT2D eigenvalue weighted by molar-refractivity contribution is -0.116. The Morgan fingerprint density at radius 3 is 2.18 bits per heavy atom. The Balaban J connectivity index is 1.82. The number of carbonyl (C=O) groups excluding carboxylic acids is 2. The predicted molar refractivity (Wildman–Crippen MR) is 116 cm³/mol. The smallest absolute Gasteiger partial charge is 0.250 e. The Hall–Kier alpha value is -3.19. The quantitative estimate of drug-likeness (QED) is 0.487. The lowest BCUT2D eigenvalue weighted by atomic mass is 10.2. The molecule has 2 aromatic carbocycles. The highest BCUT2D eigenvalue weighted by molar-refractivity contribution is 7.80. The summed E-state index contributed by atoms with van der Waals surface area (Å²) in [5, 5.41) is 8.51. The second kappa shape index (κ2) is 10.8. The highest BCUT2D eigenvalue weighted by Crippen LogP contribution is 2.14. The van der Waals surface area contributed by atoms with Gasteiger partial charge in [-0.1, -0.05) is 19.1 Å². The van der Waals surface area contributed by atoms with Crippen molar-refractivity contribution in [2.75, 3.05) is 17.7 Å². The summed E-state index contributed by atoms with van der Waals surface area (Å²) < 4.78 is 5.09. The zero-order chi connectivity index (χ0) is 20.4. The van der Waals surface area contributed by atoms with Crippen LogP contribution in [0.4, 0.5) is 11.4 Å². The molecule has 2 rings (SSSR count). The van der Waals surface area contributed by atoms with E-state index in [9.17, 15) is 9.59 Å². The monoisotopic (exact) mass is 397 g/mol. The van der Waals surface area contributed by atoms with Crippen molar-refractivity contribution in [3.8, 4) is 5.75 Å². The van der Waals surface area contributed by atoms with E-state index in [2.05, 4.69) is 16.0 Å². The summed E-state index contributed by atoms with van der Waals surface area (Å²) in [6.45, 7) is 1.95. The van der Waals surface area contributed by atoms with Gasteiger partial charge < -0.3 is 15.4 Å². The minimum absolute atomic E-state index is 0.0189. The zero-order valence-electron chi connectivity index (χ0n) is 15.8. The summed E-state index contributed by atoms with van der Waals surface area (Å²) in [6, 6.07) is 14.4. The van der Waals surface area contributed by atoms with Crippen LogP contribution in [-0.2, 0) is 9.59 Å². The second-order valence-electron chi connectivity index (χ2n) is 5.93. The van der Waals surface area contributed by atoms with Gasteiger partial charge in [-0.3, -0.25) is 14.9 Å². The SMILES string of the molecule is CCCC(=O)Nc1ccc(NC(=S)NC(=O)/C=C/c2ccc(OC)cc2)cc1. The molecule has 146 valence electrons. The average molecular weight is 398 g/mol. The largest absolute Gasteiger partial charge is 0.497 e. The summed E-state index contributed by atoms with van der Waals surface area (Å²) in [6.07, 6.45) is 4.37. The number of ether oxygens (including phenoxy) is 1. The van der Waals surface area contributed by atoms with E-state index in [1.165, 1.54) is 6.08 Å². The number of hydrogen-bond donors (Lipinski definition) is 3. The van der Waals surface area contributed by atoms with Crippen LogP contribution >= 0.6 is 12.2 Å². The van der Waals surface area contributed by atoms with Gasteiger partial charge >= 0.3 is 0 Å². The van der Waals surface area contributed by atoms with Gasteiger partial charge in [0.15, 0.2) is 5.11 Å². The molecule has 0 saturated heterocycles. The van der Waals surface area contributed by atoms with E-state index in [0.717, 1.165) is 17.7 Å². The van der Waals surface area contributed by atoms with Gasteiger partial charge in [0.1, 0.15) is 5.75 Å². The first-order valence-electron chi connectivity index (χ1n) is 8.84. The van der Waals surface area contributed by atoms with E-state index >= 15 is 0 Å². The Kier molecular flexibility index (Phi) is 8.17. The minimum atomic E-state index is -0.336. The summed E-state index contributed by atoms with van der Waals surface area (Å²) in [5.41, 5.74) is 2.29. The highest BCUT2D eigenvalue weighted by atomic mass is 32.1. The summed E-state index contributed by atoms with van der Waals surface area (Å²) in [7, 11) is 1.60. The first-order valence-corrected chi connectivity index (χ1v) is 9.25. The zero-order valence-corrected chi connectivity index (χ0v) is 16.6. The minimum Gasteiger partial charge on any atom is -0.497 e. The molecule has 0 aliphatic carbocycles. The molecule has 0 spiro atoms. The van der Waals surface area contributed by atoms with E-state index in [0.29, 0.717) is 17.8 Å². The van der Waals surface area contributed by atoms with Crippen molar-refractivity contribution in [3.63, 3.8) is 0 Å². The molecule has 3 N–H and O–H groups in total. The molecule has 0 aromatic heterocycles. The van der Waals surface area contributed by atoms with Crippen molar-refractivity contribution < 1.29 is 14.3 Å². The van der Waals surface area contributed by atoms with Crippen molar-refractivity contribution in [3.05, 3.63) is 60.2 Å². The first-order chi connectivity index (χ1) is 13.5. The van der Waals surface area contributed by atoms with Crippen LogP contribution in [0.3, 0.4) is 0 Å². The van der Waals surface area contributed by atoms with E-state index in [-0.39, 0.29) is 16.9 Å². The molecule has 0 unspecified atom stereocenters. The average Bonchev–Trinajstić information content (AvgIpc) is 2.68. The van der Waals surface area contributed by atoms with Crippen LogP contribution in [0.15, 0.2) is 54.6 Å². The van der Waals surface area contributed by atoms with E-state index in [4.69, 9.17) is 17.0 Å². The summed E-state index contributed by atoms with van der Waals surface area (Å²) in [5.74, 6) is 0.398. The predicted octanol–water partition coefficient (Wildman–Crippen LogP) is 3.96. The van der Waals surface area contributed by atoms with Gasteiger partial charge in [0.05, 0.1) is 7.11 Å². The molecular weight excluding hydrogens is 374 g/mol. The normalized spacial score (nSPS) is 10.4. The summed E-state index contributed by atoms with van der Waals surface area (Å²) in [4.78, 5) is 23.6. The van der Waals surface area contributed by atoms with Crippen molar-refractivity contribution in [2.45, 2.75) is 19.8 Å². The number of anilines is 2. The van der Waals surface area contributed by atoms with Gasteiger partial charge in [-0.05, 0) is 66.7 Å². The number of amides is 2. The molecule has 0 saturated carbocycles. The molecule has 0 aliphatic heterocycles. The fourth-order valence-corrected chi connectivity index (χ4v) is 2.51. The lowest BCUT2D eigenvalue weighted by Crippen LogP contribution is -2.32. The van der Waals surface area contributed by atoms with Crippen molar-refractivity contribution in [2.24, 2.45) is 0 Å².